The largest absolute Gasteiger partial charge is 0.486 e. The number of rotatable bonds is 5. The molecule has 1 fully saturated rings. The van der Waals surface area contributed by atoms with Gasteiger partial charge in [0.05, 0.1) is 0 Å². The number of ether oxygens (including phenoxy) is 2. The van der Waals surface area contributed by atoms with Gasteiger partial charge in [-0.15, -0.1) is 6.58 Å². The number of hydrogen-bond acceptors (Lipinski definition) is 7. The summed E-state index contributed by atoms with van der Waals surface area (Å²) < 4.78 is 16.8. The Kier molecular flexibility index (Phi) is 5.46. The molecule has 9 heteroatoms. The molecule has 0 atom stereocenters. The molecule has 1 N–H and O–H groups in total. The molecule has 34 heavy (non-hydrogen) atoms. The molecule has 5 rings (SSSR count). The molecule has 2 aliphatic heterocycles. The van der Waals surface area contributed by atoms with Gasteiger partial charge < -0.3 is 13.9 Å². The maximum Gasteiger partial charge on any atom is 0.265 e. The van der Waals surface area contributed by atoms with Crippen LogP contribution in [0.2, 0.25) is 0 Å². The molecule has 3 aromatic rings. The van der Waals surface area contributed by atoms with Crippen LogP contribution in [0.3, 0.4) is 0 Å². The van der Waals surface area contributed by atoms with E-state index < -0.39 is 11.8 Å². The number of thiocarbonyl (C=S) groups is 1. The van der Waals surface area contributed by atoms with E-state index in [-0.39, 0.29) is 28.8 Å². The predicted octanol–water partition coefficient (Wildman–Crippen LogP) is 3.25. The second-order valence-corrected chi connectivity index (χ2v) is 8.00. The van der Waals surface area contributed by atoms with E-state index in [1.807, 2.05) is 0 Å². The van der Waals surface area contributed by atoms with Crippen molar-refractivity contribution in [1.29, 1.82) is 0 Å². The number of carbonyl (C=O) groups excluding carboxylic acids is 3. The van der Waals surface area contributed by atoms with E-state index >= 15 is 0 Å². The van der Waals surface area contributed by atoms with Gasteiger partial charge in [0.25, 0.3) is 11.8 Å². The van der Waals surface area contributed by atoms with Gasteiger partial charge in [-0.3, -0.25) is 24.6 Å². The molecule has 0 spiro atoms. The predicted molar refractivity (Wildman–Crippen MR) is 128 cm³/mol. The highest BCUT2D eigenvalue weighted by Gasteiger charge is 2.32. The Balaban J connectivity index is 1.44. The molecular weight excluding hydrogens is 456 g/mol. The molecule has 2 aromatic carbocycles. The minimum Gasteiger partial charge on any atom is -0.486 e. The summed E-state index contributed by atoms with van der Waals surface area (Å²) in [5.41, 5.74) is 1.45. The van der Waals surface area contributed by atoms with Crippen LogP contribution >= 0.6 is 12.2 Å². The van der Waals surface area contributed by atoms with Crippen molar-refractivity contribution in [2.24, 2.45) is 0 Å². The lowest BCUT2D eigenvalue weighted by molar-refractivity contribution is -0.128. The number of furan rings is 1. The third-order valence-corrected chi connectivity index (χ3v) is 5.70. The Hall–Kier alpha value is -4.24. The number of amides is 2. The molecule has 0 saturated carbocycles. The molecule has 0 aliphatic carbocycles. The highest BCUT2D eigenvalue weighted by Crippen LogP contribution is 2.32. The van der Waals surface area contributed by atoms with Crippen molar-refractivity contribution in [3.63, 3.8) is 0 Å². The molecule has 2 amide bonds. The molecular formula is C25H18N2O6S. The van der Waals surface area contributed by atoms with E-state index in [0.717, 1.165) is 0 Å². The molecule has 0 bridgehead atoms. The molecule has 1 saturated heterocycles. The second kappa shape index (κ2) is 8.60. The molecule has 8 nitrogen and oxygen atoms in total. The van der Waals surface area contributed by atoms with Gasteiger partial charge in [-0.2, -0.15) is 0 Å². The number of ketones is 1. The van der Waals surface area contributed by atoms with Crippen molar-refractivity contribution in [2.45, 2.75) is 0 Å². The smallest absolute Gasteiger partial charge is 0.265 e. The van der Waals surface area contributed by atoms with Crippen LogP contribution in [0.5, 0.6) is 11.5 Å². The van der Waals surface area contributed by atoms with Crippen LogP contribution < -0.4 is 14.8 Å². The maximum absolute atomic E-state index is 13.0. The molecule has 0 radical (unpaired) electrons. The maximum atomic E-state index is 13.0. The third kappa shape index (κ3) is 3.86. The van der Waals surface area contributed by atoms with Crippen LogP contribution in [0.1, 0.15) is 21.7 Å². The van der Waals surface area contributed by atoms with Gasteiger partial charge in [0.15, 0.2) is 22.4 Å². The first-order chi connectivity index (χ1) is 16.4. The van der Waals surface area contributed by atoms with E-state index in [2.05, 4.69) is 11.9 Å². The Morgan fingerprint density at radius 3 is 2.68 bits per heavy atom. The van der Waals surface area contributed by atoms with Crippen molar-refractivity contribution >= 4 is 52.0 Å². The first-order valence-corrected chi connectivity index (χ1v) is 10.8. The number of benzene rings is 2. The Morgan fingerprint density at radius 2 is 1.88 bits per heavy atom. The molecule has 2 aliphatic rings. The van der Waals surface area contributed by atoms with Crippen molar-refractivity contribution in [3.05, 3.63) is 77.6 Å². The van der Waals surface area contributed by atoms with Gasteiger partial charge >= 0.3 is 0 Å². The number of carbonyl (C=O) groups is 3. The summed E-state index contributed by atoms with van der Waals surface area (Å²) in [6.45, 7) is 4.68. The normalized spacial score (nSPS) is 16.6. The van der Waals surface area contributed by atoms with Crippen molar-refractivity contribution in [1.82, 2.24) is 10.2 Å². The highest BCUT2D eigenvalue weighted by atomic mass is 32.1. The first kappa shape index (κ1) is 21.6. The van der Waals surface area contributed by atoms with Gasteiger partial charge in [0, 0.05) is 17.5 Å². The summed E-state index contributed by atoms with van der Waals surface area (Å²) in [7, 11) is 0. The molecule has 170 valence electrons. The van der Waals surface area contributed by atoms with Crippen molar-refractivity contribution < 1.29 is 28.3 Å². The Labute approximate surface area is 199 Å². The van der Waals surface area contributed by atoms with E-state index in [4.69, 9.17) is 26.1 Å². The van der Waals surface area contributed by atoms with E-state index in [9.17, 15) is 14.4 Å². The number of nitrogens with zero attached hydrogens (tertiary/aromatic N) is 1. The summed E-state index contributed by atoms with van der Waals surface area (Å²) in [5, 5.41) is 3.20. The topological polar surface area (TPSA) is 98.1 Å². The standard InChI is InChI=1S/C25H18N2O6S/c1-2-7-27-24(30)17(23(29)26-25(27)34)11-14-3-5-18-16(10-14)13-21(33-18)22(28)15-4-6-19-20(12-15)32-9-8-31-19/h2-6,10-13H,1,7-9H2,(H,26,29,34)/b17-11-. The summed E-state index contributed by atoms with van der Waals surface area (Å²) in [5.74, 6) is -0.109. The first-order valence-electron chi connectivity index (χ1n) is 10.4. The summed E-state index contributed by atoms with van der Waals surface area (Å²) in [6.07, 6.45) is 3.00. The van der Waals surface area contributed by atoms with E-state index in [1.54, 1.807) is 42.5 Å². The number of hydrogen-bond donors (Lipinski definition) is 1. The Morgan fingerprint density at radius 1 is 1.09 bits per heavy atom. The number of fused-ring (bicyclic) bond motifs is 2. The molecule has 1 aromatic heterocycles. The lowest BCUT2D eigenvalue weighted by Gasteiger charge is -2.27. The minimum atomic E-state index is -0.572. The van der Waals surface area contributed by atoms with Crippen molar-refractivity contribution in [3.8, 4) is 11.5 Å². The summed E-state index contributed by atoms with van der Waals surface area (Å²) >= 11 is 5.07. The Bertz CT molecular complexity index is 1420. The zero-order valence-corrected chi connectivity index (χ0v) is 18.6. The quantitative estimate of drug-likeness (QED) is 0.199. The molecule has 3 heterocycles. The fourth-order valence-electron chi connectivity index (χ4n) is 3.75. The average Bonchev–Trinajstić information content (AvgIpc) is 3.27. The lowest BCUT2D eigenvalue weighted by Crippen LogP contribution is -2.53. The van der Waals surface area contributed by atoms with Gasteiger partial charge in [0.1, 0.15) is 24.4 Å². The third-order valence-electron chi connectivity index (χ3n) is 5.38. The summed E-state index contributed by atoms with van der Waals surface area (Å²) in [6, 6.07) is 11.7. The van der Waals surface area contributed by atoms with Crippen LogP contribution in [-0.2, 0) is 9.59 Å². The lowest BCUT2D eigenvalue weighted by atomic mass is 10.1. The number of nitrogens with one attached hydrogen (secondary N) is 1. The second-order valence-electron chi connectivity index (χ2n) is 7.62. The van der Waals surface area contributed by atoms with Crippen LogP contribution in [-0.4, -0.2) is 47.4 Å². The zero-order valence-electron chi connectivity index (χ0n) is 17.8. The minimum absolute atomic E-state index is 0.0413. The van der Waals surface area contributed by atoms with Gasteiger partial charge in [0.2, 0.25) is 5.78 Å². The van der Waals surface area contributed by atoms with Crippen LogP contribution in [0.25, 0.3) is 17.0 Å². The van der Waals surface area contributed by atoms with Crippen LogP contribution in [0, 0.1) is 0 Å². The fraction of sp³-hybridized carbons (Fsp3) is 0.120. The van der Waals surface area contributed by atoms with E-state index in [0.29, 0.717) is 46.8 Å². The van der Waals surface area contributed by atoms with Gasteiger partial charge in [-0.25, -0.2) is 0 Å². The average molecular weight is 474 g/mol. The van der Waals surface area contributed by atoms with Gasteiger partial charge in [-0.1, -0.05) is 12.1 Å². The van der Waals surface area contributed by atoms with Crippen molar-refractivity contribution in [2.75, 3.05) is 19.8 Å². The summed E-state index contributed by atoms with van der Waals surface area (Å²) in [4.78, 5) is 39.4. The highest BCUT2D eigenvalue weighted by molar-refractivity contribution is 7.80. The fourth-order valence-corrected chi connectivity index (χ4v) is 4.00. The van der Waals surface area contributed by atoms with Crippen LogP contribution in [0.4, 0.5) is 0 Å². The molecule has 0 unspecified atom stereocenters. The van der Waals surface area contributed by atoms with Crippen LogP contribution in [0.15, 0.2) is 65.1 Å². The van der Waals surface area contributed by atoms with E-state index in [1.165, 1.54) is 17.1 Å². The van der Waals surface area contributed by atoms with Gasteiger partial charge in [-0.05, 0) is 60.3 Å². The SMILES string of the molecule is C=CCN1C(=O)/C(=C\c2ccc3oc(C(=O)c4ccc5c(c4)OCCO5)cc3c2)C(=O)NC1=S. The monoisotopic (exact) mass is 474 g/mol. The zero-order chi connectivity index (χ0) is 23.8.